The number of para-hydroxylation sites is 1. The van der Waals surface area contributed by atoms with E-state index in [0.29, 0.717) is 25.3 Å². The van der Waals surface area contributed by atoms with Crippen molar-refractivity contribution in [3.63, 3.8) is 0 Å². The molecule has 1 saturated heterocycles. The van der Waals surface area contributed by atoms with Gasteiger partial charge >= 0.3 is 0 Å². The van der Waals surface area contributed by atoms with E-state index in [0.717, 1.165) is 29.2 Å². The number of carbonyl (C=O) groups excluding carboxylic acids is 1. The Bertz CT molecular complexity index is 863. The van der Waals surface area contributed by atoms with Crippen molar-refractivity contribution in [2.24, 2.45) is 0 Å². The van der Waals surface area contributed by atoms with Gasteiger partial charge in [0.15, 0.2) is 11.5 Å². The van der Waals surface area contributed by atoms with Crippen LogP contribution in [0.2, 0.25) is 0 Å². The third kappa shape index (κ3) is 4.08. The van der Waals surface area contributed by atoms with Crippen molar-refractivity contribution in [1.29, 1.82) is 0 Å². The van der Waals surface area contributed by atoms with Crippen LogP contribution in [0.5, 0.6) is 11.5 Å². The molecule has 2 aliphatic heterocycles. The number of rotatable bonds is 6. The summed E-state index contributed by atoms with van der Waals surface area (Å²) in [7, 11) is 0. The van der Waals surface area contributed by atoms with Gasteiger partial charge in [0, 0.05) is 25.2 Å². The second kappa shape index (κ2) is 8.65. The number of carbonyl (C=O) groups is 1. The Morgan fingerprint density at radius 3 is 2.83 bits per heavy atom. The minimum atomic E-state index is -0.775. The minimum Gasteiger partial charge on any atom is -0.454 e. The van der Waals surface area contributed by atoms with Crippen LogP contribution in [0.25, 0.3) is 0 Å². The maximum Gasteiger partial charge on any atom is 0.231 e. The number of fused-ring (bicyclic) bond motifs is 1. The van der Waals surface area contributed by atoms with E-state index < -0.39 is 11.6 Å². The first-order valence-corrected chi connectivity index (χ1v) is 11.1. The van der Waals surface area contributed by atoms with E-state index in [1.165, 1.54) is 11.8 Å². The lowest BCUT2D eigenvalue weighted by molar-refractivity contribution is -0.124. The Kier molecular flexibility index (Phi) is 5.99. The molecule has 0 aromatic heterocycles. The molecule has 2 heterocycles. The Morgan fingerprint density at radius 2 is 2.07 bits per heavy atom. The van der Waals surface area contributed by atoms with Gasteiger partial charge in [0.05, 0.1) is 17.4 Å². The molecule has 4 rings (SSSR count). The van der Waals surface area contributed by atoms with Crippen LogP contribution in [0.15, 0.2) is 48.5 Å². The summed E-state index contributed by atoms with van der Waals surface area (Å²) in [5.41, 5.74) is 1.22. The van der Waals surface area contributed by atoms with Crippen LogP contribution >= 0.6 is 11.8 Å². The van der Waals surface area contributed by atoms with E-state index in [-0.39, 0.29) is 12.7 Å². The molecule has 6 nitrogen and oxygen atoms in total. The highest BCUT2D eigenvalue weighted by Gasteiger charge is 2.44. The lowest BCUT2D eigenvalue weighted by Gasteiger charge is -2.46. The summed E-state index contributed by atoms with van der Waals surface area (Å²) in [5, 5.41) is 14.4. The number of thioether (sulfide) groups is 1. The number of nitrogens with one attached hydrogen (secondary N) is 1. The van der Waals surface area contributed by atoms with Gasteiger partial charge in [-0.05, 0) is 24.3 Å². The molecule has 2 aromatic rings. The maximum absolute atomic E-state index is 12.4. The molecule has 0 spiro atoms. The van der Waals surface area contributed by atoms with Crippen LogP contribution in [0, 0.1) is 0 Å². The first-order chi connectivity index (χ1) is 14.1. The number of nitrogens with zero attached hydrogens (tertiary/aromatic N) is 1. The Balaban J connectivity index is 1.53. The van der Waals surface area contributed by atoms with E-state index >= 15 is 0 Å². The van der Waals surface area contributed by atoms with Gasteiger partial charge in [-0.2, -0.15) is 11.8 Å². The molecule has 0 radical (unpaired) electrons. The lowest BCUT2D eigenvalue weighted by atomic mass is 9.78. The number of amides is 1. The van der Waals surface area contributed by atoms with Gasteiger partial charge in [-0.1, -0.05) is 42.5 Å². The zero-order chi connectivity index (χ0) is 20.3. The van der Waals surface area contributed by atoms with Gasteiger partial charge in [0.1, 0.15) is 0 Å². The second-order valence-corrected chi connectivity index (χ2v) is 8.34. The fourth-order valence-corrected chi connectivity index (χ4v) is 4.53. The summed E-state index contributed by atoms with van der Waals surface area (Å²) in [5.74, 6) is 1.87. The zero-order valence-electron chi connectivity index (χ0n) is 16.5. The highest BCUT2D eigenvalue weighted by Crippen LogP contribution is 2.38. The van der Waals surface area contributed by atoms with E-state index in [2.05, 4.69) is 10.2 Å². The molecule has 2 N–H and O–H groups in total. The number of β-amino-alcohol motifs (C(OH)–C–C–N with tert-alkyl or cyclic N) is 1. The predicted molar refractivity (Wildman–Crippen MR) is 113 cm³/mol. The number of likely N-dealkylation sites (tertiary alicyclic amines) is 1. The van der Waals surface area contributed by atoms with Crippen LogP contribution in [-0.2, 0) is 16.9 Å². The highest BCUT2D eigenvalue weighted by atomic mass is 32.2. The monoisotopic (exact) mass is 414 g/mol. The number of aliphatic hydroxyl groups is 1. The molecule has 154 valence electrons. The molecule has 1 fully saturated rings. The van der Waals surface area contributed by atoms with E-state index in [1.807, 2.05) is 54.8 Å². The molecule has 0 saturated carbocycles. The quantitative estimate of drug-likeness (QED) is 0.756. The fraction of sp³-hybridized carbons (Fsp3) is 0.409. The third-order valence-corrected chi connectivity index (χ3v) is 6.17. The van der Waals surface area contributed by atoms with Crippen LogP contribution in [0.1, 0.15) is 17.5 Å². The Labute approximate surface area is 175 Å². The van der Waals surface area contributed by atoms with E-state index in [9.17, 15) is 9.90 Å². The Morgan fingerprint density at radius 1 is 1.24 bits per heavy atom. The van der Waals surface area contributed by atoms with Gasteiger partial charge in [-0.3, -0.25) is 9.69 Å². The molecule has 2 aromatic carbocycles. The average Bonchev–Trinajstić information content (AvgIpc) is 3.21. The average molecular weight is 415 g/mol. The predicted octanol–water partition coefficient (Wildman–Crippen LogP) is 2.36. The Hall–Kier alpha value is -2.22. The third-order valence-electron chi connectivity index (χ3n) is 5.62. The van der Waals surface area contributed by atoms with Crippen LogP contribution in [-0.4, -0.2) is 53.9 Å². The van der Waals surface area contributed by atoms with E-state index in [4.69, 9.17) is 9.47 Å². The summed E-state index contributed by atoms with van der Waals surface area (Å²) >= 11 is 1.48. The minimum absolute atomic E-state index is 0.0553. The molecule has 1 amide bonds. The topological polar surface area (TPSA) is 71.0 Å². The standard InChI is InChI=1S/C22H26N2O4S/c1-29-14-20(26)23-22(17-7-3-2-4-8-17)10-11-24(13-19(22)25)12-16-6-5-9-18-21(16)28-15-27-18/h2-9,19,25H,10-15H2,1H3,(H,23,26)/t19-,22-/m1/s1. The number of hydrogen-bond acceptors (Lipinski definition) is 6. The van der Waals surface area contributed by atoms with E-state index in [1.54, 1.807) is 0 Å². The van der Waals surface area contributed by atoms with Gasteiger partial charge in [0.2, 0.25) is 12.7 Å². The van der Waals surface area contributed by atoms with Crippen molar-refractivity contribution < 1.29 is 19.4 Å². The highest BCUT2D eigenvalue weighted by molar-refractivity contribution is 7.99. The molecule has 2 aliphatic rings. The van der Waals surface area contributed by atoms with Crippen molar-refractivity contribution in [1.82, 2.24) is 10.2 Å². The van der Waals surface area contributed by atoms with Crippen molar-refractivity contribution in [2.75, 3.05) is 31.9 Å². The summed E-state index contributed by atoms with van der Waals surface area (Å²) in [6.45, 7) is 2.11. The summed E-state index contributed by atoms with van der Waals surface area (Å²) in [6, 6.07) is 15.7. The lowest BCUT2D eigenvalue weighted by Crippen LogP contribution is -2.62. The summed E-state index contributed by atoms with van der Waals surface area (Å²) < 4.78 is 11.1. The van der Waals surface area contributed by atoms with Crippen molar-refractivity contribution in [2.45, 2.75) is 24.6 Å². The number of aliphatic hydroxyl groups excluding tert-OH is 1. The SMILES string of the molecule is CSCC(=O)N[C@@]1(c2ccccc2)CCN(Cc2cccc3c2OCO3)C[C@H]1O. The first kappa shape index (κ1) is 20.1. The van der Waals surface area contributed by atoms with Gasteiger partial charge in [-0.25, -0.2) is 0 Å². The molecular formula is C22H26N2O4S. The van der Waals surface area contributed by atoms with Crippen LogP contribution < -0.4 is 14.8 Å². The van der Waals surface area contributed by atoms with Gasteiger partial charge in [0.25, 0.3) is 0 Å². The van der Waals surface area contributed by atoms with Crippen LogP contribution in [0.3, 0.4) is 0 Å². The summed E-state index contributed by atoms with van der Waals surface area (Å²) in [6.07, 6.45) is 1.81. The number of hydrogen-bond donors (Lipinski definition) is 2. The van der Waals surface area contributed by atoms with Crippen molar-refractivity contribution in [3.8, 4) is 11.5 Å². The number of benzene rings is 2. The smallest absolute Gasteiger partial charge is 0.231 e. The molecular weight excluding hydrogens is 388 g/mol. The molecule has 7 heteroatoms. The first-order valence-electron chi connectivity index (χ1n) is 9.76. The summed E-state index contributed by atoms with van der Waals surface area (Å²) in [4.78, 5) is 14.6. The molecule has 0 aliphatic carbocycles. The molecule has 29 heavy (non-hydrogen) atoms. The van der Waals surface area contributed by atoms with Crippen molar-refractivity contribution >= 4 is 17.7 Å². The molecule has 2 atom stereocenters. The second-order valence-electron chi connectivity index (χ2n) is 7.47. The zero-order valence-corrected chi connectivity index (χ0v) is 17.3. The number of piperidine rings is 1. The number of ether oxygens (including phenoxy) is 2. The maximum atomic E-state index is 12.4. The van der Waals surface area contributed by atoms with Gasteiger partial charge in [-0.15, -0.1) is 0 Å². The molecule has 0 unspecified atom stereocenters. The normalized spacial score (nSPS) is 23.7. The largest absolute Gasteiger partial charge is 0.454 e. The van der Waals surface area contributed by atoms with Crippen LogP contribution in [0.4, 0.5) is 0 Å². The molecule has 0 bridgehead atoms. The van der Waals surface area contributed by atoms with Crippen molar-refractivity contribution in [3.05, 3.63) is 59.7 Å². The fourth-order valence-electron chi connectivity index (χ4n) is 4.20. The van der Waals surface area contributed by atoms with Gasteiger partial charge < -0.3 is 19.9 Å².